The Labute approximate surface area is 82.0 Å². The van der Waals surface area contributed by atoms with Crippen molar-refractivity contribution >= 4 is 12.0 Å². The molecule has 4 heteroatoms. The molecule has 0 spiro atoms. The lowest BCUT2D eigenvalue weighted by atomic mass is 10.2. The lowest BCUT2D eigenvalue weighted by Crippen LogP contribution is -2.24. The summed E-state index contributed by atoms with van der Waals surface area (Å²) in [7, 11) is 0. The molecule has 0 N–H and O–H groups in total. The van der Waals surface area contributed by atoms with Gasteiger partial charge in [0.1, 0.15) is 0 Å². The van der Waals surface area contributed by atoms with E-state index in [2.05, 4.69) is 4.74 Å². The number of carbonyl (C=O) groups is 1. The van der Waals surface area contributed by atoms with Gasteiger partial charge in [-0.1, -0.05) is 0 Å². The summed E-state index contributed by atoms with van der Waals surface area (Å²) >= 11 is 0. The van der Waals surface area contributed by atoms with E-state index in [1.807, 2.05) is 0 Å². The minimum atomic E-state index is -0.409. The maximum atomic E-state index is 10.9. The monoisotopic (exact) mass is 193 g/mol. The van der Waals surface area contributed by atoms with E-state index in [9.17, 15) is 10.0 Å². The van der Waals surface area contributed by atoms with Crippen LogP contribution in [0.1, 0.15) is 12.5 Å². The van der Waals surface area contributed by atoms with E-state index in [4.69, 9.17) is 0 Å². The van der Waals surface area contributed by atoms with Gasteiger partial charge in [0.05, 0.1) is 6.61 Å². The van der Waals surface area contributed by atoms with Crippen LogP contribution in [0, 0.1) is 5.21 Å². The molecule has 0 aliphatic heterocycles. The average Bonchev–Trinajstić information content (AvgIpc) is 2.15. The van der Waals surface area contributed by atoms with Crippen molar-refractivity contribution in [1.82, 2.24) is 0 Å². The molecule has 0 aromatic carbocycles. The zero-order chi connectivity index (χ0) is 10.4. The number of pyridine rings is 1. The number of esters is 1. The number of carbonyl (C=O) groups excluding carboxylic acids is 1. The molecule has 74 valence electrons. The number of hydrogen-bond donors (Lipinski definition) is 0. The second kappa shape index (κ2) is 5.01. The highest BCUT2D eigenvalue weighted by molar-refractivity contribution is 5.86. The van der Waals surface area contributed by atoms with Crippen molar-refractivity contribution in [2.45, 2.75) is 6.92 Å². The molecule has 1 aromatic heterocycles. The summed E-state index contributed by atoms with van der Waals surface area (Å²) in [5.41, 5.74) is 0.663. The maximum Gasteiger partial charge on any atom is 0.330 e. The molecule has 0 bridgehead atoms. The standard InChI is InChI=1S/C10H11NO3/c1-2-14-10(12)6-5-9-4-3-7-11(13)8-9/h3-8H,2H2,1H3. The quantitative estimate of drug-likeness (QED) is 0.310. The minimum absolute atomic E-state index is 0.347. The van der Waals surface area contributed by atoms with Crippen molar-refractivity contribution in [3.05, 3.63) is 41.4 Å². The van der Waals surface area contributed by atoms with Crippen LogP contribution in [0.3, 0.4) is 0 Å². The van der Waals surface area contributed by atoms with Gasteiger partial charge >= 0.3 is 5.97 Å². The molecule has 0 radical (unpaired) electrons. The number of rotatable bonds is 3. The Morgan fingerprint density at radius 1 is 1.71 bits per heavy atom. The van der Waals surface area contributed by atoms with Crippen molar-refractivity contribution in [3.63, 3.8) is 0 Å². The Kier molecular flexibility index (Phi) is 3.67. The van der Waals surface area contributed by atoms with Gasteiger partial charge in [0.25, 0.3) is 0 Å². The van der Waals surface area contributed by atoms with E-state index >= 15 is 0 Å². The van der Waals surface area contributed by atoms with Crippen LogP contribution >= 0.6 is 0 Å². The van der Waals surface area contributed by atoms with Gasteiger partial charge in [0.2, 0.25) is 0 Å². The van der Waals surface area contributed by atoms with Crippen LogP contribution < -0.4 is 4.73 Å². The van der Waals surface area contributed by atoms with Crippen molar-refractivity contribution in [2.24, 2.45) is 0 Å². The molecule has 0 unspecified atom stereocenters. The van der Waals surface area contributed by atoms with Crippen molar-refractivity contribution in [1.29, 1.82) is 0 Å². The zero-order valence-corrected chi connectivity index (χ0v) is 7.84. The smallest absolute Gasteiger partial charge is 0.330 e. The second-order valence-corrected chi connectivity index (χ2v) is 2.58. The first-order valence-corrected chi connectivity index (χ1v) is 4.26. The van der Waals surface area contributed by atoms with Gasteiger partial charge in [-0.25, -0.2) is 4.79 Å². The first kappa shape index (κ1) is 10.2. The molecule has 0 atom stereocenters. The predicted molar refractivity (Wildman–Crippen MR) is 51.1 cm³/mol. The Bertz CT molecular complexity index is 347. The van der Waals surface area contributed by atoms with Gasteiger partial charge in [-0.05, 0) is 19.1 Å². The number of aromatic nitrogens is 1. The summed E-state index contributed by atoms with van der Waals surface area (Å²) in [6, 6.07) is 3.34. The van der Waals surface area contributed by atoms with E-state index in [0.29, 0.717) is 16.9 Å². The molecule has 0 aliphatic carbocycles. The molecule has 4 nitrogen and oxygen atoms in total. The SMILES string of the molecule is CCOC(=O)C=Cc1ccc[n+]([O-])c1. The van der Waals surface area contributed by atoms with E-state index in [1.54, 1.807) is 19.1 Å². The summed E-state index contributed by atoms with van der Waals surface area (Å²) in [5, 5.41) is 10.8. The average molecular weight is 193 g/mol. The Morgan fingerprint density at radius 3 is 3.14 bits per heavy atom. The number of hydrogen-bond acceptors (Lipinski definition) is 3. The van der Waals surface area contributed by atoms with Gasteiger partial charge in [-0.3, -0.25) is 0 Å². The topological polar surface area (TPSA) is 53.2 Å². The third-order valence-corrected chi connectivity index (χ3v) is 1.50. The van der Waals surface area contributed by atoms with Crippen LogP contribution in [0.4, 0.5) is 0 Å². The molecule has 14 heavy (non-hydrogen) atoms. The lowest BCUT2D eigenvalue weighted by Gasteiger charge is -1.96. The molecule has 0 aliphatic rings. The molecule has 1 aromatic rings. The van der Waals surface area contributed by atoms with Crippen LogP contribution in [0.5, 0.6) is 0 Å². The zero-order valence-electron chi connectivity index (χ0n) is 7.84. The van der Waals surface area contributed by atoms with Gasteiger partial charge in [-0.2, -0.15) is 4.73 Å². The van der Waals surface area contributed by atoms with Crippen molar-refractivity contribution in [2.75, 3.05) is 6.61 Å². The highest BCUT2D eigenvalue weighted by Crippen LogP contribution is 1.97. The first-order chi connectivity index (χ1) is 6.72. The van der Waals surface area contributed by atoms with Crippen LogP contribution in [-0.4, -0.2) is 12.6 Å². The van der Waals surface area contributed by atoms with Gasteiger partial charge in [0.15, 0.2) is 12.4 Å². The fraction of sp³-hybridized carbons (Fsp3) is 0.200. The third-order valence-electron chi connectivity index (χ3n) is 1.50. The second-order valence-electron chi connectivity index (χ2n) is 2.58. The maximum absolute atomic E-state index is 10.9. The van der Waals surface area contributed by atoms with E-state index in [1.165, 1.54) is 24.5 Å². The Morgan fingerprint density at radius 2 is 2.50 bits per heavy atom. The summed E-state index contributed by atoms with van der Waals surface area (Å²) in [6.07, 6.45) is 5.57. The van der Waals surface area contributed by atoms with Crippen LogP contribution in [0.2, 0.25) is 0 Å². The van der Waals surface area contributed by atoms with Crippen molar-refractivity contribution < 1.29 is 14.3 Å². The van der Waals surface area contributed by atoms with E-state index in [0.717, 1.165) is 0 Å². The van der Waals surface area contributed by atoms with E-state index in [-0.39, 0.29) is 0 Å². The molecule has 0 saturated heterocycles. The highest BCUT2D eigenvalue weighted by atomic mass is 16.5. The van der Waals surface area contributed by atoms with Crippen LogP contribution in [0.15, 0.2) is 30.6 Å². The number of ether oxygens (including phenoxy) is 1. The van der Waals surface area contributed by atoms with Gasteiger partial charge < -0.3 is 9.94 Å². The Hall–Kier alpha value is -1.84. The van der Waals surface area contributed by atoms with E-state index < -0.39 is 5.97 Å². The molecule has 0 saturated carbocycles. The molecular weight excluding hydrogens is 182 g/mol. The predicted octanol–water partition coefficient (Wildman–Crippen LogP) is 0.896. The highest BCUT2D eigenvalue weighted by Gasteiger charge is 1.95. The molecule has 0 fully saturated rings. The molecular formula is C10H11NO3. The third kappa shape index (κ3) is 3.26. The minimum Gasteiger partial charge on any atom is -0.619 e. The molecule has 1 rings (SSSR count). The first-order valence-electron chi connectivity index (χ1n) is 4.26. The largest absolute Gasteiger partial charge is 0.619 e. The van der Waals surface area contributed by atoms with Crippen LogP contribution in [-0.2, 0) is 9.53 Å². The summed E-state index contributed by atoms with van der Waals surface area (Å²) in [5.74, 6) is -0.409. The lowest BCUT2D eigenvalue weighted by molar-refractivity contribution is -0.605. The van der Waals surface area contributed by atoms with Gasteiger partial charge in [-0.15, -0.1) is 0 Å². The van der Waals surface area contributed by atoms with Crippen molar-refractivity contribution in [3.8, 4) is 0 Å². The van der Waals surface area contributed by atoms with Gasteiger partial charge in [0, 0.05) is 17.7 Å². The summed E-state index contributed by atoms with van der Waals surface area (Å²) < 4.78 is 5.35. The normalized spacial score (nSPS) is 10.4. The summed E-state index contributed by atoms with van der Waals surface area (Å²) in [4.78, 5) is 10.9. The summed E-state index contributed by atoms with van der Waals surface area (Å²) in [6.45, 7) is 2.08. The van der Waals surface area contributed by atoms with Crippen LogP contribution in [0.25, 0.3) is 6.08 Å². The molecule has 0 amide bonds. The Balaban J connectivity index is 2.64. The molecule has 1 heterocycles. The fourth-order valence-electron chi connectivity index (χ4n) is 0.925. The number of nitrogens with zero attached hydrogens (tertiary/aromatic N) is 1. The fourth-order valence-corrected chi connectivity index (χ4v) is 0.925.